The maximum absolute atomic E-state index is 12.1. The standard InChI is InChI=1S/C19H13N3O5/c23-16(10-22-14-9-5-4-8-13(14)17(24)19(22)25)26-11-15-20-21-18(27-15)12-6-2-1-3-7-12/h1-9H,10-11H2. The molecule has 2 heterocycles. The monoisotopic (exact) mass is 363 g/mol. The van der Waals surface area contributed by atoms with E-state index in [9.17, 15) is 14.4 Å². The van der Waals surface area contributed by atoms with E-state index in [1.807, 2.05) is 30.3 Å². The Morgan fingerprint density at radius 2 is 1.74 bits per heavy atom. The number of ketones is 1. The highest BCUT2D eigenvalue weighted by Crippen LogP contribution is 2.28. The molecule has 0 spiro atoms. The zero-order valence-electron chi connectivity index (χ0n) is 14.0. The van der Waals surface area contributed by atoms with Crippen molar-refractivity contribution in [2.75, 3.05) is 11.4 Å². The number of hydrogen-bond donors (Lipinski definition) is 0. The largest absolute Gasteiger partial charge is 0.454 e. The molecule has 0 radical (unpaired) electrons. The smallest absolute Gasteiger partial charge is 0.326 e. The highest BCUT2D eigenvalue weighted by molar-refractivity contribution is 6.52. The van der Waals surface area contributed by atoms with Gasteiger partial charge in [-0.25, -0.2) is 0 Å². The Hall–Kier alpha value is -3.81. The van der Waals surface area contributed by atoms with Crippen molar-refractivity contribution in [1.82, 2.24) is 10.2 Å². The van der Waals surface area contributed by atoms with Crippen molar-refractivity contribution in [2.45, 2.75) is 6.61 Å². The molecule has 1 amide bonds. The van der Waals surface area contributed by atoms with Crippen molar-refractivity contribution in [3.8, 4) is 11.5 Å². The summed E-state index contributed by atoms with van der Waals surface area (Å²) < 4.78 is 10.5. The molecule has 0 saturated heterocycles. The van der Waals surface area contributed by atoms with Crippen LogP contribution in [-0.2, 0) is 20.9 Å². The van der Waals surface area contributed by atoms with E-state index in [-0.39, 0.29) is 24.6 Å². The molecule has 0 unspecified atom stereocenters. The fourth-order valence-electron chi connectivity index (χ4n) is 2.73. The lowest BCUT2D eigenvalue weighted by molar-refractivity contribution is -0.144. The second kappa shape index (κ2) is 6.83. The molecule has 0 N–H and O–H groups in total. The molecule has 0 saturated carbocycles. The van der Waals surface area contributed by atoms with Crippen LogP contribution < -0.4 is 4.90 Å². The number of carbonyl (C=O) groups excluding carboxylic acids is 3. The van der Waals surface area contributed by atoms with Gasteiger partial charge in [0.25, 0.3) is 17.6 Å². The summed E-state index contributed by atoms with van der Waals surface area (Å²) in [5.74, 6) is -1.63. The van der Waals surface area contributed by atoms with E-state index in [1.165, 1.54) is 0 Å². The van der Waals surface area contributed by atoms with E-state index < -0.39 is 17.7 Å². The zero-order valence-corrected chi connectivity index (χ0v) is 14.0. The van der Waals surface area contributed by atoms with Crippen LogP contribution in [0.25, 0.3) is 11.5 Å². The lowest BCUT2D eigenvalue weighted by Crippen LogP contribution is -2.35. The van der Waals surface area contributed by atoms with Gasteiger partial charge in [0.2, 0.25) is 5.89 Å². The third kappa shape index (κ3) is 3.20. The predicted octanol–water partition coefficient (Wildman–Crippen LogP) is 2.01. The second-order valence-corrected chi connectivity index (χ2v) is 5.77. The zero-order chi connectivity index (χ0) is 18.8. The van der Waals surface area contributed by atoms with Gasteiger partial charge in [-0.1, -0.05) is 30.3 Å². The summed E-state index contributed by atoms with van der Waals surface area (Å²) in [5.41, 5.74) is 1.42. The van der Waals surface area contributed by atoms with Crippen LogP contribution in [0.1, 0.15) is 16.2 Å². The number of rotatable bonds is 5. The SMILES string of the molecule is O=C(CN1C(=O)C(=O)c2ccccc21)OCc1nnc(-c2ccccc2)o1. The highest BCUT2D eigenvalue weighted by atomic mass is 16.5. The van der Waals surface area contributed by atoms with E-state index >= 15 is 0 Å². The molecular weight excluding hydrogens is 350 g/mol. The van der Waals surface area contributed by atoms with Gasteiger partial charge >= 0.3 is 5.97 Å². The number of amides is 1. The number of carbonyl (C=O) groups is 3. The molecule has 134 valence electrons. The Labute approximate surface area is 153 Å². The highest BCUT2D eigenvalue weighted by Gasteiger charge is 2.36. The molecule has 1 aliphatic rings. The molecule has 27 heavy (non-hydrogen) atoms. The maximum Gasteiger partial charge on any atom is 0.326 e. The number of esters is 1. The van der Waals surface area contributed by atoms with Crippen LogP contribution >= 0.6 is 0 Å². The van der Waals surface area contributed by atoms with Gasteiger partial charge in [-0.3, -0.25) is 19.3 Å². The average Bonchev–Trinajstić information content (AvgIpc) is 3.27. The number of aromatic nitrogens is 2. The normalized spacial score (nSPS) is 13.0. The van der Waals surface area contributed by atoms with E-state index in [4.69, 9.17) is 9.15 Å². The minimum atomic E-state index is -0.752. The van der Waals surface area contributed by atoms with Gasteiger partial charge in [-0.05, 0) is 24.3 Å². The lowest BCUT2D eigenvalue weighted by Gasteiger charge is -2.14. The minimum absolute atomic E-state index is 0.131. The Morgan fingerprint density at radius 1 is 1.00 bits per heavy atom. The van der Waals surface area contributed by atoms with Gasteiger partial charge < -0.3 is 9.15 Å². The van der Waals surface area contributed by atoms with Crippen LogP contribution in [0.5, 0.6) is 0 Å². The molecule has 2 aromatic carbocycles. The van der Waals surface area contributed by atoms with Crippen molar-refractivity contribution in [3.05, 3.63) is 66.1 Å². The average molecular weight is 363 g/mol. The first-order valence-corrected chi connectivity index (χ1v) is 8.12. The van der Waals surface area contributed by atoms with Crippen molar-refractivity contribution in [2.24, 2.45) is 0 Å². The Balaban J connectivity index is 1.39. The minimum Gasteiger partial charge on any atom is -0.454 e. The van der Waals surface area contributed by atoms with E-state index in [0.717, 1.165) is 10.5 Å². The van der Waals surface area contributed by atoms with Crippen molar-refractivity contribution >= 4 is 23.3 Å². The third-order valence-corrected chi connectivity index (χ3v) is 4.01. The van der Waals surface area contributed by atoms with Crippen molar-refractivity contribution < 1.29 is 23.5 Å². The number of benzene rings is 2. The number of para-hydroxylation sites is 1. The van der Waals surface area contributed by atoms with Crippen LogP contribution in [0.2, 0.25) is 0 Å². The first-order valence-electron chi connectivity index (χ1n) is 8.12. The first kappa shape index (κ1) is 16.6. The lowest BCUT2D eigenvalue weighted by atomic mass is 10.1. The molecule has 0 aliphatic carbocycles. The van der Waals surface area contributed by atoms with Crippen LogP contribution in [0.15, 0.2) is 59.0 Å². The fourth-order valence-corrected chi connectivity index (χ4v) is 2.73. The number of fused-ring (bicyclic) bond motifs is 1. The number of hydrogen-bond acceptors (Lipinski definition) is 7. The number of Topliss-reactive ketones (excluding diaryl/α,β-unsaturated/α-hetero) is 1. The summed E-state index contributed by atoms with van der Waals surface area (Å²) in [5, 5.41) is 7.73. The summed E-state index contributed by atoms with van der Waals surface area (Å²) in [6.07, 6.45) is 0. The molecule has 8 nitrogen and oxygen atoms in total. The number of ether oxygens (including phenoxy) is 1. The fraction of sp³-hybridized carbons (Fsp3) is 0.105. The van der Waals surface area contributed by atoms with Gasteiger partial charge in [0.05, 0.1) is 11.3 Å². The summed E-state index contributed by atoms with van der Waals surface area (Å²) >= 11 is 0. The van der Waals surface area contributed by atoms with Crippen LogP contribution in [0.3, 0.4) is 0 Å². The van der Waals surface area contributed by atoms with Gasteiger partial charge in [0, 0.05) is 5.56 Å². The van der Waals surface area contributed by atoms with Crippen LogP contribution in [0, 0.1) is 0 Å². The molecule has 8 heteroatoms. The third-order valence-electron chi connectivity index (χ3n) is 4.01. The quantitative estimate of drug-likeness (QED) is 0.504. The van der Waals surface area contributed by atoms with Gasteiger partial charge in [-0.15, -0.1) is 10.2 Å². The Morgan fingerprint density at radius 3 is 2.56 bits per heavy atom. The molecule has 1 aromatic heterocycles. The maximum atomic E-state index is 12.1. The summed E-state index contributed by atoms with van der Waals surface area (Å²) in [6.45, 7) is -0.600. The second-order valence-electron chi connectivity index (χ2n) is 5.77. The van der Waals surface area contributed by atoms with Crippen LogP contribution in [0.4, 0.5) is 5.69 Å². The first-order chi connectivity index (χ1) is 13.1. The summed E-state index contributed by atoms with van der Waals surface area (Å²) in [6, 6.07) is 15.7. The predicted molar refractivity (Wildman–Crippen MR) is 92.7 cm³/mol. The van der Waals surface area contributed by atoms with E-state index in [2.05, 4.69) is 10.2 Å². The van der Waals surface area contributed by atoms with Crippen molar-refractivity contribution in [3.63, 3.8) is 0 Å². The van der Waals surface area contributed by atoms with Crippen molar-refractivity contribution in [1.29, 1.82) is 0 Å². The van der Waals surface area contributed by atoms with Crippen LogP contribution in [-0.4, -0.2) is 34.4 Å². The van der Waals surface area contributed by atoms with E-state index in [0.29, 0.717) is 11.6 Å². The molecule has 3 aromatic rings. The summed E-state index contributed by atoms with van der Waals surface area (Å²) in [4.78, 5) is 37.2. The summed E-state index contributed by atoms with van der Waals surface area (Å²) in [7, 11) is 0. The Bertz CT molecular complexity index is 1030. The van der Waals surface area contributed by atoms with Gasteiger partial charge in [0.1, 0.15) is 6.54 Å². The molecular formula is C19H13N3O5. The topological polar surface area (TPSA) is 103 Å². The van der Waals surface area contributed by atoms with E-state index in [1.54, 1.807) is 24.3 Å². The Kier molecular flexibility index (Phi) is 4.21. The molecule has 0 bridgehead atoms. The van der Waals surface area contributed by atoms with Gasteiger partial charge in [0.15, 0.2) is 6.61 Å². The number of anilines is 1. The molecule has 4 rings (SSSR count). The van der Waals surface area contributed by atoms with Gasteiger partial charge in [-0.2, -0.15) is 0 Å². The molecule has 1 aliphatic heterocycles. The molecule has 0 fully saturated rings. The number of nitrogens with zero attached hydrogens (tertiary/aromatic N) is 3. The molecule has 0 atom stereocenters.